The summed E-state index contributed by atoms with van der Waals surface area (Å²) in [6, 6.07) is 4.21. The van der Waals surface area contributed by atoms with Gasteiger partial charge in [-0.25, -0.2) is 4.79 Å². The second kappa shape index (κ2) is 5.92. The fraction of sp³-hybridized carbons (Fsp3) is 0.167. The van der Waals surface area contributed by atoms with Gasteiger partial charge in [0.25, 0.3) is 0 Å². The molecule has 0 saturated heterocycles. The van der Waals surface area contributed by atoms with E-state index in [2.05, 4.69) is 16.6 Å². The van der Waals surface area contributed by atoms with Crippen molar-refractivity contribution < 1.29 is 19.4 Å². The second-order valence-electron chi connectivity index (χ2n) is 3.05. The zero-order valence-corrected chi connectivity index (χ0v) is 9.75. The molecule has 5 heteroatoms. The SMILES string of the molecule is COC(=O)CC#Cc1ccc(C(=O)O)cc1Cl. The van der Waals surface area contributed by atoms with Gasteiger partial charge in [0.1, 0.15) is 6.42 Å². The maximum atomic E-state index is 10.8. The molecular formula is C12H9ClO4. The average Bonchev–Trinajstić information content (AvgIpc) is 2.30. The number of ether oxygens (including phenoxy) is 1. The van der Waals surface area contributed by atoms with E-state index in [0.29, 0.717) is 5.56 Å². The van der Waals surface area contributed by atoms with Crippen molar-refractivity contribution >= 4 is 23.5 Å². The summed E-state index contributed by atoms with van der Waals surface area (Å²) in [7, 11) is 1.28. The number of carbonyl (C=O) groups is 2. The highest BCUT2D eigenvalue weighted by Gasteiger charge is 2.05. The number of hydrogen-bond acceptors (Lipinski definition) is 3. The molecule has 0 fully saturated rings. The van der Waals surface area contributed by atoms with Crippen LogP contribution in [0.3, 0.4) is 0 Å². The van der Waals surface area contributed by atoms with E-state index in [1.165, 1.54) is 25.3 Å². The molecule has 1 N–H and O–H groups in total. The van der Waals surface area contributed by atoms with E-state index in [1.807, 2.05) is 0 Å². The van der Waals surface area contributed by atoms with E-state index in [1.54, 1.807) is 0 Å². The van der Waals surface area contributed by atoms with Crippen molar-refractivity contribution in [3.8, 4) is 11.8 Å². The van der Waals surface area contributed by atoms with Gasteiger partial charge in [0, 0.05) is 5.56 Å². The van der Waals surface area contributed by atoms with Crippen molar-refractivity contribution in [1.29, 1.82) is 0 Å². The van der Waals surface area contributed by atoms with Crippen molar-refractivity contribution in [2.24, 2.45) is 0 Å². The quantitative estimate of drug-likeness (QED) is 0.645. The molecule has 0 spiro atoms. The van der Waals surface area contributed by atoms with Crippen LogP contribution in [0.25, 0.3) is 0 Å². The normalized spacial score (nSPS) is 9.06. The molecule has 0 bridgehead atoms. The molecular weight excluding hydrogens is 244 g/mol. The summed E-state index contributed by atoms with van der Waals surface area (Å²) in [5.74, 6) is 3.76. The first-order valence-corrected chi connectivity index (χ1v) is 5.01. The number of carboxylic acid groups (broad SMARTS) is 1. The van der Waals surface area contributed by atoms with Crippen LogP contribution in [0.5, 0.6) is 0 Å². The Morgan fingerprint density at radius 2 is 2.18 bits per heavy atom. The Balaban J connectivity index is 2.86. The van der Waals surface area contributed by atoms with Crippen LogP contribution < -0.4 is 0 Å². The molecule has 0 heterocycles. The molecule has 0 saturated carbocycles. The van der Waals surface area contributed by atoms with Gasteiger partial charge in [0.15, 0.2) is 0 Å². The summed E-state index contributed by atoms with van der Waals surface area (Å²) in [6.07, 6.45) is -0.0342. The first-order chi connectivity index (χ1) is 8.04. The highest BCUT2D eigenvalue weighted by Crippen LogP contribution is 2.16. The van der Waals surface area contributed by atoms with Crippen molar-refractivity contribution in [3.05, 3.63) is 34.3 Å². The number of rotatable bonds is 2. The van der Waals surface area contributed by atoms with Gasteiger partial charge in [0.05, 0.1) is 17.7 Å². The van der Waals surface area contributed by atoms with E-state index in [-0.39, 0.29) is 17.0 Å². The van der Waals surface area contributed by atoms with Gasteiger partial charge in [-0.05, 0) is 18.2 Å². The molecule has 0 amide bonds. The molecule has 4 nitrogen and oxygen atoms in total. The van der Waals surface area contributed by atoms with Gasteiger partial charge < -0.3 is 9.84 Å². The largest absolute Gasteiger partial charge is 0.478 e. The minimum absolute atomic E-state index is 0.0342. The van der Waals surface area contributed by atoms with Crippen molar-refractivity contribution in [2.75, 3.05) is 7.11 Å². The molecule has 17 heavy (non-hydrogen) atoms. The van der Waals surface area contributed by atoms with Gasteiger partial charge in [0.2, 0.25) is 0 Å². The number of carboxylic acids is 1. The molecule has 0 aliphatic heterocycles. The van der Waals surface area contributed by atoms with Gasteiger partial charge in [-0.15, -0.1) is 0 Å². The van der Waals surface area contributed by atoms with E-state index >= 15 is 0 Å². The summed E-state index contributed by atoms with van der Waals surface area (Å²) < 4.78 is 4.42. The van der Waals surface area contributed by atoms with Crippen LogP contribution in [-0.4, -0.2) is 24.2 Å². The summed E-state index contributed by atoms with van der Waals surface area (Å²) in [6.45, 7) is 0. The van der Waals surface area contributed by atoms with E-state index in [9.17, 15) is 9.59 Å². The van der Waals surface area contributed by atoms with Crippen LogP contribution in [0.1, 0.15) is 22.3 Å². The highest BCUT2D eigenvalue weighted by atomic mass is 35.5. The first kappa shape index (κ1) is 13.1. The molecule has 0 unspecified atom stereocenters. The topological polar surface area (TPSA) is 63.6 Å². The molecule has 1 aromatic rings. The Morgan fingerprint density at radius 3 is 2.71 bits per heavy atom. The number of methoxy groups -OCH3 is 1. The van der Waals surface area contributed by atoms with Gasteiger partial charge >= 0.3 is 11.9 Å². The van der Waals surface area contributed by atoms with Crippen molar-refractivity contribution in [3.63, 3.8) is 0 Å². The van der Waals surface area contributed by atoms with Crippen LogP contribution in [0.15, 0.2) is 18.2 Å². The Morgan fingerprint density at radius 1 is 1.47 bits per heavy atom. The summed E-state index contributed by atoms with van der Waals surface area (Å²) in [5.41, 5.74) is 0.564. The maximum Gasteiger partial charge on any atom is 0.335 e. The van der Waals surface area contributed by atoms with Crippen molar-refractivity contribution in [1.82, 2.24) is 0 Å². The van der Waals surface area contributed by atoms with Gasteiger partial charge in [-0.1, -0.05) is 23.4 Å². The predicted octanol–water partition coefficient (Wildman–Crippen LogP) is 1.95. The average molecular weight is 253 g/mol. The zero-order chi connectivity index (χ0) is 12.8. The fourth-order valence-electron chi connectivity index (χ4n) is 1.03. The zero-order valence-electron chi connectivity index (χ0n) is 8.99. The van der Waals surface area contributed by atoms with Crippen LogP contribution in [0.4, 0.5) is 0 Å². The number of carbonyl (C=O) groups excluding carboxylic acids is 1. The Labute approximate surface area is 103 Å². The van der Waals surface area contributed by atoms with Gasteiger partial charge in [-0.2, -0.15) is 0 Å². The molecule has 0 atom stereocenters. The van der Waals surface area contributed by atoms with Crippen LogP contribution >= 0.6 is 11.6 Å². The fourth-order valence-corrected chi connectivity index (χ4v) is 1.26. The third kappa shape index (κ3) is 3.82. The number of esters is 1. The number of aromatic carboxylic acids is 1. The number of benzene rings is 1. The highest BCUT2D eigenvalue weighted by molar-refractivity contribution is 6.32. The molecule has 0 aromatic heterocycles. The van der Waals surface area contributed by atoms with E-state index in [0.717, 1.165) is 0 Å². The lowest BCUT2D eigenvalue weighted by atomic mass is 10.1. The van der Waals surface area contributed by atoms with E-state index < -0.39 is 11.9 Å². The number of hydrogen-bond donors (Lipinski definition) is 1. The minimum Gasteiger partial charge on any atom is -0.478 e. The minimum atomic E-state index is -1.05. The number of halogens is 1. The Kier molecular flexibility index (Phi) is 4.56. The third-order valence-corrected chi connectivity index (χ3v) is 2.21. The predicted molar refractivity (Wildman–Crippen MR) is 61.9 cm³/mol. The van der Waals surface area contributed by atoms with Crippen LogP contribution in [-0.2, 0) is 9.53 Å². The molecule has 0 aliphatic carbocycles. The lowest BCUT2D eigenvalue weighted by Gasteiger charge is -1.98. The summed E-state index contributed by atoms with van der Waals surface area (Å²) >= 11 is 5.84. The first-order valence-electron chi connectivity index (χ1n) is 4.63. The lowest BCUT2D eigenvalue weighted by molar-refractivity contribution is -0.139. The second-order valence-corrected chi connectivity index (χ2v) is 3.46. The summed E-state index contributed by atoms with van der Waals surface area (Å²) in [5, 5.41) is 8.96. The Hall–Kier alpha value is -1.99. The smallest absolute Gasteiger partial charge is 0.335 e. The molecule has 0 radical (unpaired) electrons. The van der Waals surface area contributed by atoms with Gasteiger partial charge in [-0.3, -0.25) is 4.79 Å². The third-order valence-electron chi connectivity index (χ3n) is 1.90. The molecule has 0 aliphatic rings. The monoisotopic (exact) mass is 252 g/mol. The van der Waals surface area contributed by atoms with Crippen molar-refractivity contribution in [2.45, 2.75) is 6.42 Å². The molecule has 1 aromatic carbocycles. The van der Waals surface area contributed by atoms with E-state index in [4.69, 9.17) is 16.7 Å². The maximum absolute atomic E-state index is 10.8. The summed E-state index contributed by atoms with van der Waals surface area (Å²) in [4.78, 5) is 21.4. The standard InChI is InChI=1S/C12H9ClO4/c1-17-11(14)4-2-3-8-5-6-9(12(15)16)7-10(8)13/h5-7H,4H2,1H3,(H,15,16). The van der Waals surface area contributed by atoms with Crippen LogP contribution in [0.2, 0.25) is 5.02 Å². The van der Waals surface area contributed by atoms with Crippen LogP contribution in [0, 0.1) is 11.8 Å². The Bertz CT molecular complexity index is 511. The lowest BCUT2D eigenvalue weighted by Crippen LogP contribution is -1.97. The molecule has 88 valence electrons. The molecule has 1 rings (SSSR count).